The fraction of sp³-hybridized carbons (Fsp3) is 0.667. The van der Waals surface area contributed by atoms with Crippen molar-refractivity contribution in [2.24, 2.45) is 0 Å². The Kier molecular flexibility index (Phi) is 5.92. The van der Waals surface area contributed by atoms with Gasteiger partial charge in [0.15, 0.2) is 0 Å². The third-order valence-electron chi connectivity index (χ3n) is 0.960. The summed E-state index contributed by atoms with van der Waals surface area (Å²) in [4.78, 5) is 0. The topological polar surface area (TPSA) is 0 Å². The van der Waals surface area contributed by atoms with Crippen LogP contribution < -0.4 is 0 Å². The molecule has 1 heteroatoms. The minimum absolute atomic E-state index is 1.23. The summed E-state index contributed by atoms with van der Waals surface area (Å²) in [5.41, 5.74) is 2.25. The zero-order valence-electron chi connectivity index (χ0n) is 5.28. The molecular weight excluding hydrogens is 100 g/mol. The Labute approximate surface area is 49.0 Å². The van der Waals surface area contributed by atoms with Crippen molar-refractivity contribution >= 4 is 10.2 Å². The average Bonchev–Trinajstić information content (AvgIpc) is 1.69. The van der Waals surface area contributed by atoms with Gasteiger partial charge in [0.25, 0.3) is 0 Å². The quantitative estimate of drug-likeness (QED) is 0.380. The van der Waals surface area contributed by atoms with Crippen molar-refractivity contribution in [3.05, 3.63) is 11.8 Å². The molecule has 0 aliphatic heterocycles. The lowest BCUT2D eigenvalue weighted by Gasteiger charge is -1.83. The van der Waals surface area contributed by atoms with Crippen LogP contribution in [0.5, 0.6) is 0 Å². The van der Waals surface area contributed by atoms with Gasteiger partial charge in [0.1, 0.15) is 0 Å². The maximum absolute atomic E-state index is 2.27. The van der Waals surface area contributed by atoms with Crippen molar-refractivity contribution < 1.29 is 0 Å². The van der Waals surface area contributed by atoms with Crippen molar-refractivity contribution in [2.45, 2.75) is 26.2 Å². The van der Waals surface area contributed by atoms with E-state index in [1.165, 1.54) is 29.5 Å². The zero-order valence-corrected chi connectivity index (χ0v) is 7.28. The molecular formula is C6H14Si. The molecule has 7 heavy (non-hydrogen) atoms. The molecule has 42 valence electrons. The van der Waals surface area contributed by atoms with E-state index in [2.05, 4.69) is 18.7 Å². The van der Waals surface area contributed by atoms with Crippen LogP contribution in [-0.2, 0) is 0 Å². The van der Waals surface area contributed by atoms with E-state index in [1.807, 2.05) is 0 Å². The van der Waals surface area contributed by atoms with E-state index in [-0.39, 0.29) is 0 Å². The molecule has 0 N–H and O–H groups in total. The number of rotatable bonds is 3. The van der Waals surface area contributed by atoms with Gasteiger partial charge in [-0.3, -0.25) is 0 Å². The van der Waals surface area contributed by atoms with Crippen LogP contribution in [0, 0.1) is 0 Å². The molecule has 0 unspecified atom stereocenters. The van der Waals surface area contributed by atoms with Gasteiger partial charge >= 0.3 is 0 Å². The lowest BCUT2D eigenvalue weighted by Crippen LogP contribution is -1.64. The number of hydrogen-bond donors (Lipinski definition) is 0. The fourth-order valence-electron chi connectivity index (χ4n) is 0.489. The van der Waals surface area contributed by atoms with Crippen LogP contribution >= 0.6 is 0 Å². The van der Waals surface area contributed by atoms with Crippen LogP contribution in [0.1, 0.15) is 26.2 Å². The summed E-state index contributed by atoms with van der Waals surface area (Å²) in [5.74, 6) is 0. The molecule has 0 saturated carbocycles. The smallest absolute Gasteiger partial charge is 0.0287 e. The molecule has 0 radical (unpaired) electrons. The number of allylic oxidation sites excluding steroid dienone is 1. The summed E-state index contributed by atoms with van der Waals surface area (Å²) in [6.45, 7) is 2.22. The molecule has 0 amide bonds. The SMILES string of the molecule is CCCC/C=C/[SiH3]. The van der Waals surface area contributed by atoms with Crippen molar-refractivity contribution in [2.75, 3.05) is 0 Å². The summed E-state index contributed by atoms with van der Waals surface area (Å²) in [6, 6.07) is 0. The summed E-state index contributed by atoms with van der Waals surface area (Å²) in [7, 11) is 1.23. The van der Waals surface area contributed by atoms with Crippen molar-refractivity contribution in [3.8, 4) is 0 Å². The second-order valence-electron chi connectivity index (χ2n) is 1.71. The van der Waals surface area contributed by atoms with Gasteiger partial charge in [-0.2, -0.15) is 0 Å². The first-order chi connectivity index (χ1) is 3.41. The summed E-state index contributed by atoms with van der Waals surface area (Å²) in [6.07, 6.45) is 6.25. The standard InChI is InChI=1S/C6H14Si/c1-2-3-4-5-6-7/h5-6H,2-4H2,1,7H3/b6-5+. The van der Waals surface area contributed by atoms with Crippen molar-refractivity contribution in [1.82, 2.24) is 0 Å². The van der Waals surface area contributed by atoms with E-state index in [0.717, 1.165) is 0 Å². The van der Waals surface area contributed by atoms with Crippen LogP contribution in [0.4, 0.5) is 0 Å². The molecule has 0 aromatic carbocycles. The van der Waals surface area contributed by atoms with E-state index >= 15 is 0 Å². The maximum atomic E-state index is 2.27. The first-order valence-electron chi connectivity index (χ1n) is 3.03. The van der Waals surface area contributed by atoms with Gasteiger partial charge in [-0.1, -0.05) is 25.8 Å². The van der Waals surface area contributed by atoms with Gasteiger partial charge in [-0.15, -0.1) is 5.70 Å². The first-order valence-corrected chi connectivity index (χ1v) is 4.18. The lowest BCUT2D eigenvalue weighted by molar-refractivity contribution is 0.815. The highest BCUT2D eigenvalue weighted by Gasteiger charge is 1.73. The Bertz CT molecular complexity index is 48.1. The van der Waals surface area contributed by atoms with Crippen LogP contribution in [0.15, 0.2) is 11.8 Å². The Morgan fingerprint density at radius 1 is 1.57 bits per heavy atom. The second-order valence-corrected chi connectivity index (χ2v) is 2.38. The second kappa shape index (κ2) is 5.96. The highest BCUT2D eigenvalue weighted by Crippen LogP contribution is 1.92. The molecule has 0 aliphatic rings. The molecule has 0 saturated heterocycles. The van der Waals surface area contributed by atoms with Gasteiger partial charge < -0.3 is 0 Å². The lowest BCUT2D eigenvalue weighted by atomic mass is 10.2. The molecule has 0 rings (SSSR count). The molecule has 0 bridgehead atoms. The van der Waals surface area contributed by atoms with Crippen LogP contribution in [-0.4, -0.2) is 10.2 Å². The van der Waals surface area contributed by atoms with Crippen LogP contribution in [0.2, 0.25) is 0 Å². The number of unbranched alkanes of at least 4 members (excludes halogenated alkanes) is 2. The third kappa shape index (κ3) is 5.96. The van der Waals surface area contributed by atoms with Gasteiger partial charge in [0, 0.05) is 10.2 Å². The molecule has 0 aromatic rings. The Balaban J connectivity index is 2.69. The molecule has 0 heterocycles. The van der Waals surface area contributed by atoms with E-state index < -0.39 is 0 Å². The van der Waals surface area contributed by atoms with E-state index in [1.54, 1.807) is 0 Å². The van der Waals surface area contributed by atoms with E-state index in [4.69, 9.17) is 0 Å². The minimum atomic E-state index is 1.23. The van der Waals surface area contributed by atoms with Crippen molar-refractivity contribution in [3.63, 3.8) is 0 Å². The molecule has 0 atom stereocenters. The first kappa shape index (κ1) is 6.96. The largest absolute Gasteiger partial charge is 0.109 e. The van der Waals surface area contributed by atoms with Crippen LogP contribution in [0.25, 0.3) is 0 Å². The fourth-order valence-corrected chi connectivity index (χ4v) is 0.822. The Hall–Kier alpha value is -0.0431. The predicted molar refractivity (Wildman–Crippen MR) is 38.6 cm³/mol. The summed E-state index contributed by atoms with van der Waals surface area (Å²) in [5, 5.41) is 0. The third-order valence-corrected chi connectivity index (χ3v) is 1.43. The summed E-state index contributed by atoms with van der Waals surface area (Å²) < 4.78 is 0. The van der Waals surface area contributed by atoms with Crippen molar-refractivity contribution in [1.29, 1.82) is 0 Å². The molecule has 0 aromatic heterocycles. The number of hydrogen-bond acceptors (Lipinski definition) is 0. The van der Waals surface area contributed by atoms with Gasteiger partial charge in [-0.25, -0.2) is 0 Å². The Morgan fingerprint density at radius 2 is 2.29 bits per heavy atom. The highest BCUT2D eigenvalue weighted by molar-refractivity contribution is 6.16. The van der Waals surface area contributed by atoms with Gasteiger partial charge in [0.05, 0.1) is 0 Å². The van der Waals surface area contributed by atoms with Gasteiger partial charge in [0.2, 0.25) is 0 Å². The molecule has 0 nitrogen and oxygen atoms in total. The highest BCUT2D eigenvalue weighted by atomic mass is 28.1. The average molecular weight is 114 g/mol. The predicted octanol–water partition coefficient (Wildman–Crippen LogP) is 1.06. The normalized spacial score (nSPS) is 11.0. The Morgan fingerprint density at radius 3 is 2.71 bits per heavy atom. The zero-order chi connectivity index (χ0) is 5.54. The van der Waals surface area contributed by atoms with E-state index in [0.29, 0.717) is 0 Å². The van der Waals surface area contributed by atoms with Crippen LogP contribution in [0.3, 0.4) is 0 Å². The molecule has 0 aliphatic carbocycles. The van der Waals surface area contributed by atoms with E-state index in [9.17, 15) is 0 Å². The van der Waals surface area contributed by atoms with Gasteiger partial charge in [-0.05, 0) is 6.42 Å². The monoisotopic (exact) mass is 114 g/mol. The maximum Gasteiger partial charge on any atom is 0.0287 e. The minimum Gasteiger partial charge on any atom is -0.109 e. The molecule has 0 spiro atoms. The summed E-state index contributed by atoms with van der Waals surface area (Å²) >= 11 is 0. The molecule has 0 fully saturated rings.